The molecule has 0 radical (unpaired) electrons. The number of benzene rings is 3. The van der Waals surface area contributed by atoms with Gasteiger partial charge in [0.25, 0.3) is 10.0 Å². The molecule has 3 aromatic carbocycles. The lowest BCUT2D eigenvalue weighted by Crippen LogP contribution is -2.53. The van der Waals surface area contributed by atoms with Crippen LogP contribution in [0.1, 0.15) is 38.3 Å². The molecule has 0 saturated carbocycles. The molecule has 208 valence electrons. The van der Waals surface area contributed by atoms with Crippen molar-refractivity contribution in [2.45, 2.75) is 57.6 Å². The number of sulfonamides is 1. The van der Waals surface area contributed by atoms with Crippen molar-refractivity contribution < 1.29 is 22.7 Å². The van der Waals surface area contributed by atoms with Gasteiger partial charge in [0.05, 0.1) is 17.7 Å². The van der Waals surface area contributed by atoms with Crippen molar-refractivity contribution in [3.63, 3.8) is 0 Å². The van der Waals surface area contributed by atoms with Crippen LogP contribution in [0.4, 0.5) is 5.69 Å². The largest absolute Gasteiger partial charge is 0.497 e. The zero-order valence-corrected chi connectivity index (χ0v) is 23.9. The summed E-state index contributed by atoms with van der Waals surface area (Å²) in [7, 11) is -2.63. The van der Waals surface area contributed by atoms with E-state index in [1.54, 1.807) is 42.5 Å². The topological polar surface area (TPSA) is 96.0 Å². The summed E-state index contributed by atoms with van der Waals surface area (Å²) in [6.45, 7) is 7.19. The Balaban J connectivity index is 2.04. The first-order valence-corrected chi connectivity index (χ1v) is 14.4. The number of para-hydroxylation sites is 1. The van der Waals surface area contributed by atoms with E-state index in [1.165, 1.54) is 24.1 Å². The van der Waals surface area contributed by atoms with Gasteiger partial charge < -0.3 is 15.0 Å². The van der Waals surface area contributed by atoms with Crippen LogP contribution >= 0.6 is 0 Å². The maximum Gasteiger partial charge on any atom is 0.264 e. The molecule has 0 aliphatic rings. The molecule has 0 fully saturated rings. The van der Waals surface area contributed by atoms with Crippen LogP contribution in [-0.2, 0) is 26.2 Å². The Bertz CT molecular complexity index is 1360. The number of methoxy groups -OCH3 is 1. The average molecular weight is 552 g/mol. The maximum atomic E-state index is 14.0. The summed E-state index contributed by atoms with van der Waals surface area (Å²) >= 11 is 0. The van der Waals surface area contributed by atoms with E-state index in [2.05, 4.69) is 5.32 Å². The number of amides is 2. The van der Waals surface area contributed by atoms with E-state index >= 15 is 0 Å². The zero-order valence-electron chi connectivity index (χ0n) is 23.1. The van der Waals surface area contributed by atoms with Gasteiger partial charge in [-0.25, -0.2) is 8.42 Å². The molecule has 0 aliphatic heterocycles. The zero-order chi connectivity index (χ0) is 28.6. The Morgan fingerprint density at radius 1 is 0.949 bits per heavy atom. The highest BCUT2D eigenvalue weighted by atomic mass is 32.2. The first-order chi connectivity index (χ1) is 18.6. The summed E-state index contributed by atoms with van der Waals surface area (Å²) in [6.07, 6.45) is 0.368. The third-order valence-corrected chi connectivity index (χ3v) is 8.01. The molecular formula is C30H37N3O5S. The Kier molecular flexibility index (Phi) is 10.1. The number of hydrogen-bond donors (Lipinski definition) is 1. The number of rotatable bonds is 12. The third kappa shape index (κ3) is 7.60. The van der Waals surface area contributed by atoms with Crippen molar-refractivity contribution in [2.24, 2.45) is 0 Å². The Morgan fingerprint density at radius 3 is 2.18 bits per heavy atom. The van der Waals surface area contributed by atoms with Gasteiger partial charge in [-0.05, 0) is 69.2 Å². The highest BCUT2D eigenvalue weighted by molar-refractivity contribution is 7.92. The first-order valence-electron chi connectivity index (χ1n) is 12.9. The quantitative estimate of drug-likeness (QED) is 0.357. The average Bonchev–Trinajstić information content (AvgIpc) is 2.91. The predicted molar refractivity (Wildman–Crippen MR) is 153 cm³/mol. The molecule has 0 heterocycles. The predicted octanol–water partition coefficient (Wildman–Crippen LogP) is 4.53. The van der Waals surface area contributed by atoms with Crippen molar-refractivity contribution in [2.75, 3.05) is 18.0 Å². The molecule has 0 spiro atoms. The summed E-state index contributed by atoms with van der Waals surface area (Å²) < 4.78 is 34.0. The number of carbonyl (C=O) groups excluding carboxylic acids is 2. The fraction of sp³-hybridized carbons (Fsp3) is 0.333. The highest BCUT2D eigenvalue weighted by Gasteiger charge is 2.33. The van der Waals surface area contributed by atoms with E-state index in [0.717, 1.165) is 15.4 Å². The fourth-order valence-electron chi connectivity index (χ4n) is 4.31. The molecule has 0 aliphatic carbocycles. The van der Waals surface area contributed by atoms with Crippen LogP contribution in [-0.4, -0.2) is 50.9 Å². The van der Waals surface area contributed by atoms with Crippen LogP contribution in [0.5, 0.6) is 5.75 Å². The molecule has 0 bridgehead atoms. The van der Waals surface area contributed by atoms with Crippen molar-refractivity contribution in [3.05, 3.63) is 90.0 Å². The number of carbonyl (C=O) groups is 2. The number of anilines is 1. The van der Waals surface area contributed by atoms with Crippen molar-refractivity contribution in [3.8, 4) is 5.75 Å². The minimum absolute atomic E-state index is 0.0229. The summed E-state index contributed by atoms with van der Waals surface area (Å²) in [5.74, 6) is -0.247. The minimum Gasteiger partial charge on any atom is -0.497 e. The Labute approximate surface area is 231 Å². The van der Waals surface area contributed by atoms with Crippen LogP contribution in [0.2, 0.25) is 0 Å². The fourth-order valence-corrected chi connectivity index (χ4v) is 5.72. The van der Waals surface area contributed by atoms with Crippen LogP contribution in [0.15, 0.2) is 83.8 Å². The van der Waals surface area contributed by atoms with Gasteiger partial charge in [-0.1, -0.05) is 55.0 Å². The van der Waals surface area contributed by atoms with E-state index < -0.39 is 28.5 Å². The van der Waals surface area contributed by atoms with Gasteiger partial charge in [-0.3, -0.25) is 13.9 Å². The van der Waals surface area contributed by atoms with E-state index in [1.807, 2.05) is 52.0 Å². The SMILES string of the molecule is CC[C@H](C(=O)NC(C)C)N(Cc1cccc(C)c1)C(=O)CN(c1ccccc1)S(=O)(=O)c1ccc(OC)cc1. The molecule has 1 N–H and O–H groups in total. The van der Waals surface area contributed by atoms with E-state index in [-0.39, 0.29) is 23.4 Å². The van der Waals surface area contributed by atoms with Crippen LogP contribution < -0.4 is 14.4 Å². The van der Waals surface area contributed by atoms with Crippen molar-refractivity contribution in [1.29, 1.82) is 0 Å². The minimum atomic E-state index is -4.13. The summed E-state index contributed by atoms with van der Waals surface area (Å²) in [4.78, 5) is 28.7. The molecule has 0 aromatic heterocycles. The lowest BCUT2D eigenvalue weighted by molar-refractivity contribution is -0.140. The van der Waals surface area contributed by atoms with Gasteiger partial charge in [-0.15, -0.1) is 0 Å². The van der Waals surface area contributed by atoms with E-state index in [9.17, 15) is 18.0 Å². The smallest absolute Gasteiger partial charge is 0.264 e. The molecule has 3 rings (SSSR count). The Hall–Kier alpha value is -3.85. The summed E-state index contributed by atoms with van der Waals surface area (Å²) in [6, 6.07) is 21.3. The van der Waals surface area contributed by atoms with Gasteiger partial charge in [0.2, 0.25) is 11.8 Å². The van der Waals surface area contributed by atoms with Gasteiger partial charge >= 0.3 is 0 Å². The second-order valence-corrected chi connectivity index (χ2v) is 11.5. The van der Waals surface area contributed by atoms with Crippen molar-refractivity contribution in [1.82, 2.24) is 10.2 Å². The second kappa shape index (κ2) is 13.3. The molecule has 39 heavy (non-hydrogen) atoms. The van der Waals surface area contributed by atoms with Gasteiger partial charge in [0.1, 0.15) is 18.3 Å². The summed E-state index contributed by atoms with van der Waals surface area (Å²) in [5.41, 5.74) is 2.22. The standard InChI is InChI=1S/C30H37N3O5S/c1-6-28(30(35)31-22(2)3)32(20-24-12-10-11-23(4)19-24)29(34)21-33(25-13-8-7-9-14-25)39(36,37)27-17-15-26(38-5)16-18-27/h7-19,22,28H,6,20-21H2,1-5H3,(H,31,35)/t28-/m1/s1. The second-order valence-electron chi connectivity index (χ2n) is 9.62. The monoisotopic (exact) mass is 551 g/mol. The number of aryl methyl sites for hydroxylation is 1. The maximum absolute atomic E-state index is 14.0. The van der Waals surface area contributed by atoms with Gasteiger partial charge in [0, 0.05) is 12.6 Å². The van der Waals surface area contributed by atoms with Gasteiger partial charge in [0.15, 0.2) is 0 Å². The molecule has 0 saturated heterocycles. The molecule has 8 nitrogen and oxygen atoms in total. The van der Waals surface area contributed by atoms with Crippen molar-refractivity contribution >= 4 is 27.5 Å². The number of nitrogens with one attached hydrogen (secondary N) is 1. The van der Waals surface area contributed by atoms with Gasteiger partial charge in [-0.2, -0.15) is 0 Å². The van der Waals surface area contributed by atoms with Crippen LogP contribution in [0.25, 0.3) is 0 Å². The number of ether oxygens (including phenoxy) is 1. The van der Waals surface area contributed by atoms with E-state index in [4.69, 9.17) is 4.74 Å². The first kappa shape index (κ1) is 29.7. The Morgan fingerprint density at radius 2 is 1.62 bits per heavy atom. The van der Waals surface area contributed by atoms with E-state index in [0.29, 0.717) is 17.9 Å². The molecule has 3 aromatic rings. The van der Waals surface area contributed by atoms with Crippen LogP contribution in [0.3, 0.4) is 0 Å². The number of nitrogens with zero attached hydrogens (tertiary/aromatic N) is 2. The third-order valence-electron chi connectivity index (χ3n) is 6.22. The lowest BCUT2D eigenvalue weighted by atomic mass is 10.1. The molecule has 2 amide bonds. The normalized spacial score (nSPS) is 12.1. The highest BCUT2D eigenvalue weighted by Crippen LogP contribution is 2.26. The molecule has 1 atom stereocenters. The molecule has 0 unspecified atom stereocenters. The summed E-state index contributed by atoms with van der Waals surface area (Å²) in [5, 5.41) is 2.90. The molecular weight excluding hydrogens is 514 g/mol. The van der Waals surface area contributed by atoms with Crippen LogP contribution in [0, 0.1) is 6.92 Å². The lowest BCUT2D eigenvalue weighted by Gasteiger charge is -2.33. The molecule has 9 heteroatoms. The number of hydrogen-bond acceptors (Lipinski definition) is 5.